The van der Waals surface area contributed by atoms with E-state index in [1.54, 1.807) is 0 Å². The molecule has 0 aromatic heterocycles. The minimum atomic E-state index is 0.0824. The second kappa shape index (κ2) is 10.7. The summed E-state index contributed by atoms with van der Waals surface area (Å²) in [6, 6.07) is 19.1. The highest BCUT2D eigenvalue weighted by atomic mass is 16.5. The Morgan fingerprint density at radius 2 is 1.63 bits per heavy atom. The summed E-state index contributed by atoms with van der Waals surface area (Å²) in [4.78, 5) is 17.6. The zero-order valence-corrected chi connectivity index (χ0v) is 17.8. The molecule has 0 saturated carbocycles. The molecule has 0 aliphatic carbocycles. The third-order valence-corrected chi connectivity index (χ3v) is 6.09. The van der Waals surface area contributed by atoms with Gasteiger partial charge in [0.05, 0.1) is 19.1 Å². The molecule has 2 aliphatic heterocycles. The SMILES string of the molecule is O=C(NCc1cccc(CN2CCOCC2)c1)C1CCCN(Cc2ccccc2)C1. The number of ether oxygens (including phenoxy) is 1. The molecule has 2 saturated heterocycles. The van der Waals surface area contributed by atoms with E-state index in [1.165, 1.54) is 16.7 Å². The van der Waals surface area contributed by atoms with Crippen molar-refractivity contribution in [2.45, 2.75) is 32.5 Å². The van der Waals surface area contributed by atoms with Crippen LogP contribution in [0.1, 0.15) is 29.5 Å². The molecule has 2 fully saturated rings. The van der Waals surface area contributed by atoms with Crippen LogP contribution in [0.3, 0.4) is 0 Å². The molecule has 5 nitrogen and oxygen atoms in total. The first-order chi connectivity index (χ1) is 14.8. The minimum absolute atomic E-state index is 0.0824. The third-order valence-electron chi connectivity index (χ3n) is 6.09. The molecule has 2 heterocycles. The van der Waals surface area contributed by atoms with Gasteiger partial charge in [-0.3, -0.25) is 14.6 Å². The van der Waals surface area contributed by atoms with Crippen molar-refractivity contribution in [3.05, 3.63) is 71.3 Å². The van der Waals surface area contributed by atoms with Crippen molar-refractivity contribution < 1.29 is 9.53 Å². The number of piperidine rings is 1. The second-order valence-corrected chi connectivity index (χ2v) is 8.49. The molecule has 0 radical (unpaired) electrons. The van der Waals surface area contributed by atoms with Gasteiger partial charge in [0.25, 0.3) is 0 Å². The van der Waals surface area contributed by atoms with E-state index in [1.807, 2.05) is 6.07 Å². The van der Waals surface area contributed by atoms with Crippen LogP contribution in [0, 0.1) is 5.92 Å². The van der Waals surface area contributed by atoms with Gasteiger partial charge in [-0.25, -0.2) is 0 Å². The number of carbonyl (C=O) groups excluding carboxylic acids is 1. The molecule has 5 heteroatoms. The average Bonchev–Trinajstić information content (AvgIpc) is 2.79. The largest absolute Gasteiger partial charge is 0.379 e. The van der Waals surface area contributed by atoms with Gasteiger partial charge in [-0.15, -0.1) is 0 Å². The van der Waals surface area contributed by atoms with Gasteiger partial charge in [0.1, 0.15) is 0 Å². The van der Waals surface area contributed by atoms with Gasteiger partial charge in [0.2, 0.25) is 5.91 Å². The topological polar surface area (TPSA) is 44.8 Å². The molecule has 0 bridgehead atoms. The molecule has 2 aromatic rings. The summed E-state index contributed by atoms with van der Waals surface area (Å²) in [5, 5.41) is 3.18. The van der Waals surface area contributed by atoms with Gasteiger partial charge in [-0.05, 0) is 36.1 Å². The van der Waals surface area contributed by atoms with Crippen molar-refractivity contribution in [3.63, 3.8) is 0 Å². The Hall–Kier alpha value is -2.21. The fourth-order valence-electron chi connectivity index (χ4n) is 4.44. The van der Waals surface area contributed by atoms with Gasteiger partial charge in [-0.1, -0.05) is 54.6 Å². The van der Waals surface area contributed by atoms with Crippen LogP contribution >= 0.6 is 0 Å². The van der Waals surface area contributed by atoms with Gasteiger partial charge in [-0.2, -0.15) is 0 Å². The zero-order chi connectivity index (χ0) is 20.6. The quantitative estimate of drug-likeness (QED) is 0.766. The fraction of sp³-hybridized carbons (Fsp3) is 0.480. The number of morpholine rings is 1. The van der Waals surface area contributed by atoms with E-state index in [0.29, 0.717) is 6.54 Å². The van der Waals surface area contributed by atoms with E-state index >= 15 is 0 Å². The normalized spacial score (nSPS) is 20.7. The first kappa shape index (κ1) is 21.0. The van der Waals surface area contributed by atoms with Crippen LogP contribution in [0.25, 0.3) is 0 Å². The molecule has 1 atom stereocenters. The predicted molar refractivity (Wildman–Crippen MR) is 119 cm³/mol. The Morgan fingerprint density at radius 3 is 2.47 bits per heavy atom. The summed E-state index contributed by atoms with van der Waals surface area (Å²) in [6.07, 6.45) is 2.06. The first-order valence-electron chi connectivity index (χ1n) is 11.2. The molecule has 0 spiro atoms. The lowest BCUT2D eigenvalue weighted by atomic mass is 9.96. The van der Waals surface area contributed by atoms with Gasteiger partial charge in [0, 0.05) is 39.3 Å². The summed E-state index contributed by atoms with van der Waals surface area (Å²) in [7, 11) is 0. The van der Waals surface area contributed by atoms with Crippen LogP contribution in [-0.2, 0) is 29.2 Å². The van der Waals surface area contributed by atoms with Crippen molar-refractivity contribution in [1.82, 2.24) is 15.1 Å². The summed E-state index contributed by atoms with van der Waals surface area (Å²) < 4.78 is 5.43. The van der Waals surface area contributed by atoms with Gasteiger partial charge < -0.3 is 10.1 Å². The molecule has 1 unspecified atom stereocenters. The van der Waals surface area contributed by atoms with Crippen LogP contribution in [0.4, 0.5) is 0 Å². The van der Waals surface area contributed by atoms with Crippen LogP contribution in [0.15, 0.2) is 54.6 Å². The maximum Gasteiger partial charge on any atom is 0.224 e. The average molecular weight is 408 g/mol. The first-order valence-corrected chi connectivity index (χ1v) is 11.2. The molecule has 1 N–H and O–H groups in total. The Kier molecular flexibility index (Phi) is 7.51. The lowest BCUT2D eigenvalue weighted by Crippen LogP contribution is -2.42. The van der Waals surface area contributed by atoms with Crippen LogP contribution < -0.4 is 5.32 Å². The zero-order valence-electron chi connectivity index (χ0n) is 17.8. The fourth-order valence-corrected chi connectivity index (χ4v) is 4.44. The maximum absolute atomic E-state index is 12.8. The van der Waals surface area contributed by atoms with Crippen LogP contribution in [-0.4, -0.2) is 55.1 Å². The maximum atomic E-state index is 12.8. The minimum Gasteiger partial charge on any atom is -0.379 e. The predicted octanol–water partition coefficient (Wildman–Crippen LogP) is 3.05. The highest BCUT2D eigenvalue weighted by Gasteiger charge is 2.25. The Morgan fingerprint density at radius 1 is 0.900 bits per heavy atom. The number of rotatable bonds is 7. The van der Waals surface area contributed by atoms with E-state index in [4.69, 9.17) is 4.74 Å². The number of hydrogen-bond acceptors (Lipinski definition) is 4. The van der Waals surface area contributed by atoms with Crippen molar-refractivity contribution >= 4 is 5.91 Å². The summed E-state index contributed by atoms with van der Waals surface area (Å²) in [5.41, 5.74) is 3.79. The number of likely N-dealkylation sites (tertiary alicyclic amines) is 1. The van der Waals surface area contributed by atoms with E-state index in [2.05, 4.69) is 63.6 Å². The number of amides is 1. The summed E-state index contributed by atoms with van der Waals surface area (Å²) in [5.74, 6) is 0.269. The Balaban J connectivity index is 1.26. The Bertz CT molecular complexity index is 805. The van der Waals surface area contributed by atoms with E-state index < -0.39 is 0 Å². The summed E-state index contributed by atoms with van der Waals surface area (Å²) >= 11 is 0. The lowest BCUT2D eigenvalue weighted by Gasteiger charge is -2.32. The standard InChI is InChI=1S/C25H33N3O2/c29-25(24-10-5-11-28(20-24)18-21-6-2-1-3-7-21)26-17-22-8-4-9-23(16-22)19-27-12-14-30-15-13-27/h1-4,6-9,16,24H,5,10-15,17-20H2,(H,26,29). The van der Waals surface area contributed by atoms with Crippen LogP contribution in [0.5, 0.6) is 0 Å². The highest BCUT2D eigenvalue weighted by Crippen LogP contribution is 2.19. The Labute approximate surface area is 180 Å². The number of nitrogens with one attached hydrogen (secondary N) is 1. The number of nitrogens with zero attached hydrogens (tertiary/aromatic N) is 2. The molecule has 1 amide bonds. The lowest BCUT2D eigenvalue weighted by molar-refractivity contribution is -0.126. The second-order valence-electron chi connectivity index (χ2n) is 8.49. The number of benzene rings is 2. The number of hydrogen-bond donors (Lipinski definition) is 1. The summed E-state index contributed by atoms with van der Waals surface area (Å²) in [6.45, 7) is 8.00. The molecule has 2 aliphatic rings. The molecule has 30 heavy (non-hydrogen) atoms. The van der Waals surface area contributed by atoms with E-state index in [-0.39, 0.29) is 11.8 Å². The monoisotopic (exact) mass is 407 g/mol. The molecule has 2 aromatic carbocycles. The van der Waals surface area contributed by atoms with Crippen molar-refractivity contribution in [2.75, 3.05) is 39.4 Å². The molecule has 4 rings (SSSR count). The third kappa shape index (κ3) is 6.14. The molecular formula is C25H33N3O2. The van der Waals surface area contributed by atoms with Crippen LogP contribution in [0.2, 0.25) is 0 Å². The number of carbonyl (C=O) groups is 1. The highest BCUT2D eigenvalue weighted by molar-refractivity contribution is 5.79. The van der Waals surface area contributed by atoms with E-state index in [0.717, 1.165) is 65.3 Å². The van der Waals surface area contributed by atoms with Crippen molar-refractivity contribution in [3.8, 4) is 0 Å². The van der Waals surface area contributed by atoms with E-state index in [9.17, 15) is 4.79 Å². The molecule has 160 valence electrons. The molecular weight excluding hydrogens is 374 g/mol. The van der Waals surface area contributed by atoms with Crippen molar-refractivity contribution in [2.24, 2.45) is 5.92 Å². The van der Waals surface area contributed by atoms with Crippen molar-refractivity contribution in [1.29, 1.82) is 0 Å². The van der Waals surface area contributed by atoms with Gasteiger partial charge >= 0.3 is 0 Å². The van der Waals surface area contributed by atoms with Gasteiger partial charge in [0.15, 0.2) is 0 Å². The smallest absolute Gasteiger partial charge is 0.224 e.